The number of nitrogens with two attached hydrogens (primary N) is 1. The number of benzene rings is 1. The van der Waals surface area contributed by atoms with E-state index in [1.54, 1.807) is 0 Å². The number of nitrogens with zero attached hydrogens (tertiary/aromatic N) is 1. The Morgan fingerprint density at radius 1 is 1.25 bits per heavy atom. The van der Waals surface area contributed by atoms with Crippen LogP contribution in [0.3, 0.4) is 0 Å². The second-order valence-corrected chi connectivity index (χ2v) is 4.16. The number of hydrogen-bond acceptors (Lipinski definition) is 3. The van der Waals surface area contributed by atoms with Crippen molar-refractivity contribution < 1.29 is 4.52 Å². The molecule has 0 aliphatic carbocycles. The Hall–Kier alpha value is -1.61. The smallest absolute Gasteiger partial charge is 0.150 e. The van der Waals surface area contributed by atoms with E-state index in [4.69, 9.17) is 10.3 Å². The van der Waals surface area contributed by atoms with Gasteiger partial charge in [-0.05, 0) is 11.5 Å². The molecule has 1 aromatic carbocycles. The van der Waals surface area contributed by atoms with Crippen molar-refractivity contribution in [2.24, 2.45) is 5.73 Å². The first-order valence-corrected chi connectivity index (χ1v) is 5.46. The summed E-state index contributed by atoms with van der Waals surface area (Å²) >= 11 is 0. The van der Waals surface area contributed by atoms with Crippen LogP contribution in [0.25, 0.3) is 11.3 Å². The normalized spacial score (nSPS) is 11.0. The van der Waals surface area contributed by atoms with Crippen molar-refractivity contribution in [3.8, 4) is 11.3 Å². The highest BCUT2D eigenvalue weighted by atomic mass is 16.5. The molecule has 2 rings (SSSR count). The van der Waals surface area contributed by atoms with Crippen LogP contribution in [0.2, 0.25) is 0 Å². The predicted molar refractivity (Wildman–Crippen MR) is 63.9 cm³/mol. The van der Waals surface area contributed by atoms with Gasteiger partial charge in [0.05, 0.1) is 6.54 Å². The third-order valence-electron chi connectivity index (χ3n) is 2.63. The molecule has 16 heavy (non-hydrogen) atoms. The molecule has 0 amide bonds. The van der Waals surface area contributed by atoms with Gasteiger partial charge in [0, 0.05) is 11.6 Å². The molecule has 0 spiro atoms. The van der Waals surface area contributed by atoms with Gasteiger partial charge in [-0.25, -0.2) is 0 Å². The van der Waals surface area contributed by atoms with E-state index in [9.17, 15) is 0 Å². The molecule has 0 atom stereocenters. The van der Waals surface area contributed by atoms with E-state index in [0.29, 0.717) is 18.2 Å². The Labute approximate surface area is 95.3 Å². The molecule has 3 heteroatoms. The van der Waals surface area contributed by atoms with Gasteiger partial charge in [-0.2, -0.15) is 0 Å². The Balaban J connectivity index is 2.27. The summed E-state index contributed by atoms with van der Waals surface area (Å²) < 4.78 is 5.07. The first kappa shape index (κ1) is 10.9. The SMILES string of the molecule is CC(C)c1ccc(-c2cc(CN)on2)cc1. The van der Waals surface area contributed by atoms with Crippen LogP contribution in [0, 0.1) is 0 Å². The maximum Gasteiger partial charge on any atom is 0.150 e. The number of rotatable bonds is 3. The molecule has 0 aliphatic heterocycles. The fourth-order valence-electron chi connectivity index (χ4n) is 1.58. The summed E-state index contributed by atoms with van der Waals surface area (Å²) in [5.41, 5.74) is 8.70. The van der Waals surface area contributed by atoms with Crippen LogP contribution >= 0.6 is 0 Å². The molecule has 0 saturated carbocycles. The quantitative estimate of drug-likeness (QED) is 0.858. The summed E-state index contributed by atoms with van der Waals surface area (Å²) in [5.74, 6) is 1.26. The first-order chi connectivity index (χ1) is 7.70. The lowest BCUT2D eigenvalue weighted by Crippen LogP contribution is -1.92. The van der Waals surface area contributed by atoms with E-state index in [1.807, 2.05) is 6.07 Å². The molecule has 0 radical (unpaired) electrons. The predicted octanol–water partition coefficient (Wildman–Crippen LogP) is 2.92. The zero-order chi connectivity index (χ0) is 11.5. The minimum Gasteiger partial charge on any atom is -0.359 e. The molecule has 0 fully saturated rings. The largest absolute Gasteiger partial charge is 0.359 e. The number of hydrogen-bond donors (Lipinski definition) is 1. The van der Waals surface area contributed by atoms with Crippen LogP contribution in [0.5, 0.6) is 0 Å². The van der Waals surface area contributed by atoms with E-state index in [2.05, 4.69) is 43.3 Å². The lowest BCUT2D eigenvalue weighted by Gasteiger charge is -2.04. The van der Waals surface area contributed by atoms with Crippen LogP contribution in [0.15, 0.2) is 34.9 Å². The summed E-state index contributed by atoms with van der Waals surface area (Å²) in [6.45, 7) is 4.74. The van der Waals surface area contributed by atoms with E-state index in [-0.39, 0.29) is 0 Å². The van der Waals surface area contributed by atoms with E-state index in [1.165, 1.54) is 5.56 Å². The molecule has 1 heterocycles. The maximum atomic E-state index is 5.47. The summed E-state index contributed by atoms with van der Waals surface area (Å²) in [6, 6.07) is 10.2. The highest BCUT2D eigenvalue weighted by Gasteiger charge is 2.05. The fourth-order valence-corrected chi connectivity index (χ4v) is 1.58. The third-order valence-corrected chi connectivity index (χ3v) is 2.63. The minimum atomic E-state index is 0.386. The van der Waals surface area contributed by atoms with Crippen LogP contribution < -0.4 is 5.73 Å². The van der Waals surface area contributed by atoms with Crippen LogP contribution in [0.1, 0.15) is 31.1 Å². The minimum absolute atomic E-state index is 0.386. The van der Waals surface area contributed by atoms with E-state index < -0.39 is 0 Å². The van der Waals surface area contributed by atoms with Crippen molar-refractivity contribution in [1.29, 1.82) is 0 Å². The monoisotopic (exact) mass is 216 g/mol. The zero-order valence-electron chi connectivity index (χ0n) is 9.60. The van der Waals surface area contributed by atoms with Gasteiger partial charge < -0.3 is 10.3 Å². The molecule has 2 N–H and O–H groups in total. The Morgan fingerprint density at radius 3 is 2.44 bits per heavy atom. The summed E-state index contributed by atoms with van der Waals surface area (Å²) in [6.07, 6.45) is 0. The van der Waals surface area contributed by atoms with Gasteiger partial charge in [0.1, 0.15) is 5.69 Å². The van der Waals surface area contributed by atoms with Crippen molar-refractivity contribution in [3.63, 3.8) is 0 Å². The summed E-state index contributed by atoms with van der Waals surface area (Å²) in [5, 5.41) is 3.98. The second-order valence-electron chi connectivity index (χ2n) is 4.16. The maximum absolute atomic E-state index is 5.47. The third kappa shape index (κ3) is 2.14. The molecule has 0 saturated heterocycles. The van der Waals surface area contributed by atoms with Crippen LogP contribution in [-0.2, 0) is 6.54 Å². The van der Waals surface area contributed by atoms with Gasteiger partial charge in [-0.15, -0.1) is 0 Å². The molecule has 3 nitrogen and oxygen atoms in total. The average Bonchev–Trinajstić information content (AvgIpc) is 2.77. The number of aromatic nitrogens is 1. The highest BCUT2D eigenvalue weighted by Crippen LogP contribution is 2.22. The molecule has 0 bridgehead atoms. The molecule has 0 unspecified atom stereocenters. The van der Waals surface area contributed by atoms with Crippen LogP contribution in [-0.4, -0.2) is 5.16 Å². The average molecular weight is 216 g/mol. The topological polar surface area (TPSA) is 52.0 Å². The first-order valence-electron chi connectivity index (χ1n) is 5.46. The summed E-state index contributed by atoms with van der Waals surface area (Å²) in [7, 11) is 0. The molecule has 84 valence electrons. The molecular weight excluding hydrogens is 200 g/mol. The van der Waals surface area contributed by atoms with Gasteiger partial charge in [0.2, 0.25) is 0 Å². The molecule has 2 aromatic rings. The summed E-state index contributed by atoms with van der Waals surface area (Å²) in [4.78, 5) is 0. The Kier molecular flexibility index (Phi) is 3.06. The lowest BCUT2D eigenvalue weighted by molar-refractivity contribution is 0.387. The molecule has 0 aliphatic rings. The van der Waals surface area contributed by atoms with E-state index >= 15 is 0 Å². The van der Waals surface area contributed by atoms with Gasteiger partial charge in [-0.1, -0.05) is 43.3 Å². The zero-order valence-corrected chi connectivity index (χ0v) is 9.60. The van der Waals surface area contributed by atoms with Gasteiger partial charge >= 0.3 is 0 Å². The van der Waals surface area contributed by atoms with Gasteiger partial charge in [0.25, 0.3) is 0 Å². The highest BCUT2D eigenvalue weighted by molar-refractivity contribution is 5.59. The fraction of sp³-hybridized carbons (Fsp3) is 0.308. The standard InChI is InChI=1S/C13H16N2O/c1-9(2)10-3-5-11(6-4-10)13-7-12(8-14)16-15-13/h3-7,9H,8,14H2,1-2H3. The van der Waals surface area contributed by atoms with Crippen LogP contribution in [0.4, 0.5) is 0 Å². The van der Waals surface area contributed by atoms with Gasteiger partial charge in [0.15, 0.2) is 5.76 Å². The Bertz CT molecular complexity index is 457. The van der Waals surface area contributed by atoms with Crippen molar-refractivity contribution in [2.45, 2.75) is 26.3 Å². The van der Waals surface area contributed by atoms with Crippen molar-refractivity contribution >= 4 is 0 Å². The Morgan fingerprint density at radius 2 is 1.94 bits per heavy atom. The van der Waals surface area contributed by atoms with Crippen molar-refractivity contribution in [1.82, 2.24) is 5.16 Å². The molecular formula is C13H16N2O. The van der Waals surface area contributed by atoms with Gasteiger partial charge in [-0.3, -0.25) is 0 Å². The van der Waals surface area contributed by atoms with E-state index in [0.717, 1.165) is 11.3 Å². The lowest BCUT2D eigenvalue weighted by atomic mass is 10.0. The van der Waals surface area contributed by atoms with Crippen molar-refractivity contribution in [3.05, 3.63) is 41.7 Å². The van der Waals surface area contributed by atoms with Crippen molar-refractivity contribution in [2.75, 3.05) is 0 Å². The molecule has 1 aromatic heterocycles. The second kappa shape index (κ2) is 4.49.